The molecule has 0 unspecified atom stereocenters. The van der Waals surface area contributed by atoms with Gasteiger partial charge in [-0.1, -0.05) is 37.3 Å². The molecule has 2 amide bonds. The molecule has 0 aliphatic carbocycles. The van der Waals surface area contributed by atoms with Gasteiger partial charge in [-0.25, -0.2) is 4.98 Å². The third-order valence-corrected chi connectivity index (χ3v) is 5.26. The van der Waals surface area contributed by atoms with Gasteiger partial charge in [0.2, 0.25) is 5.91 Å². The van der Waals surface area contributed by atoms with Gasteiger partial charge in [0.25, 0.3) is 5.91 Å². The molecule has 6 heteroatoms. The van der Waals surface area contributed by atoms with Crippen molar-refractivity contribution in [1.82, 2.24) is 10.3 Å². The van der Waals surface area contributed by atoms with E-state index >= 15 is 0 Å². The van der Waals surface area contributed by atoms with E-state index in [1.54, 1.807) is 0 Å². The van der Waals surface area contributed by atoms with Crippen LogP contribution in [0.3, 0.4) is 0 Å². The summed E-state index contributed by atoms with van der Waals surface area (Å²) >= 11 is 0. The topological polar surface area (TPSA) is 80.3 Å². The third kappa shape index (κ3) is 4.49. The first-order valence-electron chi connectivity index (χ1n) is 10.3. The summed E-state index contributed by atoms with van der Waals surface area (Å²) in [6, 6.07) is 17.0. The van der Waals surface area contributed by atoms with Gasteiger partial charge in [0.05, 0.1) is 22.9 Å². The molecule has 1 aliphatic heterocycles. The molecule has 6 nitrogen and oxygen atoms in total. The van der Waals surface area contributed by atoms with Crippen LogP contribution in [0.2, 0.25) is 0 Å². The van der Waals surface area contributed by atoms with Crippen molar-refractivity contribution in [3.05, 3.63) is 60.2 Å². The number of para-hydroxylation sites is 1. The van der Waals surface area contributed by atoms with Crippen molar-refractivity contribution in [2.45, 2.75) is 32.3 Å². The summed E-state index contributed by atoms with van der Waals surface area (Å²) < 4.78 is 5.61. The van der Waals surface area contributed by atoms with Crippen LogP contribution in [0.25, 0.3) is 22.2 Å². The van der Waals surface area contributed by atoms with Gasteiger partial charge in [-0.2, -0.15) is 0 Å². The van der Waals surface area contributed by atoms with Gasteiger partial charge >= 0.3 is 0 Å². The lowest BCUT2D eigenvalue weighted by atomic mass is 10.0. The molecule has 0 saturated carbocycles. The lowest BCUT2D eigenvalue weighted by molar-refractivity contribution is -0.115. The summed E-state index contributed by atoms with van der Waals surface area (Å²) in [5.74, 6) is -0.158. The highest BCUT2D eigenvalue weighted by atomic mass is 16.5. The van der Waals surface area contributed by atoms with Gasteiger partial charge < -0.3 is 15.4 Å². The first-order valence-corrected chi connectivity index (χ1v) is 10.3. The number of hydrogen-bond acceptors (Lipinski definition) is 4. The average molecular weight is 403 g/mol. The van der Waals surface area contributed by atoms with Crippen molar-refractivity contribution in [3.63, 3.8) is 0 Å². The number of hydrogen-bond donors (Lipinski definition) is 2. The number of anilines is 1. The number of aromatic nitrogens is 1. The second-order valence-electron chi connectivity index (χ2n) is 7.40. The van der Waals surface area contributed by atoms with Gasteiger partial charge in [-0.3, -0.25) is 9.59 Å². The van der Waals surface area contributed by atoms with Gasteiger partial charge in [0.1, 0.15) is 0 Å². The molecule has 1 fully saturated rings. The number of rotatable bonds is 6. The van der Waals surface area contributed by atoms with Crippen molar-refractivity contribution >= 4 is 28.4 Å². The SMILES string of the molecule is CCC(=O)Nc1ccc(-c2cc(C(=O)NC[C@@H]3CCCO3)c3ccccc3n2)cc1. The quantitative estimate of drug-likeness (QED) is 0.648. The highest BCUT2D eigenvalue weighted by Gasteiger charge is 2.18. The minimum absolute atomic E-state index is 0.0308. The fraction of sp³-hybridized carbons (Fsp3) is 0.292. The van der Waals surface area contributed by atoms with Crippen LogP contribution in [0, 0.1) is 0 Å². The molecule has 2 aromatic carbocycles. The van der Waals surface area contributed by atoms with Crippen LogP contribution < -0.4 is 10.6 Å². The molecule has 154 valence electrons. The van der Waals surface area contributed by atoms with Crippen LogP contribution in [-0.4, -0.2) is 36.1 Å². The molecule has 1 atom stereocenters. The lowest BCUT2D eigenvalue weighted by Crippen LogP contribution is -2.31. The number of fused-ring (bicyclic) bond motifs is 1. The van der Waals surface area contributed by atoms with E-state index in [4.69, 9.17) is 9.72 Å². The summed E-state index contributed by atoms with van der Waals surface area (Å²) in [4.78, 5) is 29.3. The van der Waals surface area contributed by atoms with Gasteiger partial charge in [0, 0.05) is 36.2 Å². The van der Waals surface area contributed by atoms with Crippen LogP contribution in [0.4, 0.5) is 5.69 Å². The van der Waals surface area contributed by atoms with E-state index in [1.807, 2.05) is 61.5 Å². The molecule has 4 rings (SSSR count). The van der Waals surface area contributed by atoms with Gasteiger partial charge in [-0.15, -0.1) is 0 Å². The van der Waals surface area contributed by atoms with Crippen molar-refractivity contribution in [2.24, 2.45) is 0 Å². The molecule has 1 aromatic heterocycles. The standard InChI is InChI=1S/C24H25N3O3/c1-2-23(28)26-17-11-9-16(10-12-17)22-14-20(19-7-3-4-8-21(19)27-22)24(29)25-15-18-6-5-13-30-18/h3-4,7-12,14,18H,2,5-6,13,15H2,1H3,(H,25,29)(H,26,28)/t18-/m0/s1. The minimum Gasteiger partial charge on any atom is -0.376 e. The van der Waals surface area contributed by atoms with E-state index in [0.29, 0.717) is 24.2 Å². The summed E-state index contributed by atoms with van der Waals surface area (Å²) in [5.41, 5.74) is 3.69. The van der Waals surface area contributed by atoms with Crippen LogP contribution in [0.1, 0.15) is 36.5 Å². The Morgan fingerprint density at radius 2 is 1.93 bits per heavy atom. The summed E-state index contributed by atoms with van der Waals surface area (Å²) in [6.45, 7) is 3.09. The van der Waals surface area contributed by atoms with E-state index in [-0.39, 0.29) is 17.9 Å². The molecule has 1 saturated heterocycles. The normalized spacial score (nSPS) is 15.8. The van der Waals surface area contributed by atoms with Crippen molar-refractivity contribution in [3.8, 4) is 11.3 Å². The zero-order chi connectivity index (χ0) is 20.9. The number of amides is 2. The average Bonchev–Trinajstić information content (AvgIpc) is 3.31. The fourth-order valence-electron chi connectivity index (χ4n) is 3.59. The Morgan fingerprint density at radius 3 is 2.67 bits per heavy atom. The van der Waals surface area contributed by atoms with E-state index in [2.05, 4.69) is 10.6 Å². The van der Waals surface area contributed by atoms with Gasteiger partial charge in [-0.05, 0) is 37.1 Å². The predicted octanol–water partition coefficient (Wildman–Crippen LogP) is 4.16. The number of ether oxygens (including phenoxy) is 1. The largest absolute Gasteiger partial charge is 0.376 e. The van der Waals surface area contributed by atoms with Crippen LogP contribution in [0.15, 0.2) is 54.6 Å². The number of carbonyl (C=O) groups is 2. The third-order valence-electron chi connectivity index (χ3n) is 5.26. The minimum atomic E-state index is -0.128. The van der Waals surface area contributed by atoms with Crippen LogP contribution in [-0.2, 0) is 9.53 Å². The van der Waals surface area contributed by atoms with Crippen LogP contribution in [0.5, 0.6) is 0 Å². The van der Waals surface area contributed by atoms with Crippen molar-refractivity contribution in [2.75, 3.05) is 18.5 Å². The Labute approximate surface area is 175 Å². The zero-order valence-electron chi connectivity index (χ0n) is 17.0. The maximum atomic E-state index is 13.0. The molecule has 1 aliphatic rings. The first kappa shape index (κ1) is 20.0. The summed E-state index contributed by atoms with van der Waals surface area (Å²) in [6.07, 6.45) is 2.53. The van der Waals surface area contributed by atoms with E-state index < -0.39 is 0 Å². The summed E-state index contributed by atoms with van der Waals surface area (Å²) in [7, 11) is 0. The zero-order valence-corrected chi connectivity index (χ0v) is 17.0. The molecule has 2 heterocycles. The Balaban J connectivity index is 1.62. The monoisotopic (exact) mass is 403 g/mol. The first-order chi connectivity index (χ1) is 14.6. The summed E-state index contributed by atoms with van der Waals surface area (Å²) in [5, 5.41) is 6.66. The molecule has 3 aromatic rings. The Bertz CT molecular complexity index is 1060. The number of carbonyl (C=O) groups excluding carboxylic acids is 2. The number of benzene rings is 2. The highest BCUT2D eigenvalue weighted by molar-refractivity contribution is 6.07. The van der Waals surface area contributed by atoms with Crippen molar-refractivity contribution < 1.29 is 14.3 Å². The van der Waals surface area contributed by atoms with E-state index in [0.717, 1.165) is 41.6 Å². The maximum absolute atomic E-state index is 13.0. The number of pyridine rings is 1. The van der Waals surface area contributed by atoms with E-state index in [9.17, 15) is 9.59 Å². The fourth-order valence-corrected chi connectivity index (χ4v) is 3.59. The number of nitrogens with zero attached hydrogens (tertiary/aromatic N) is 1. The van der Waals surface area contributed by atoms with E-state index in [1.165, 1.54) is 0 Å². The van der Waals surface area contributed by atoms with Gasteiger partial charge in [0.15, 0.2) is 0 Å². The number of nitrogens with one attached hydrogen (secondary N) is 2. The van der Waals surface area contributed by atoms with Crippen molar-refractivity contribution in [1.29, 1.82) is 0 Å². The Kier molecular flexibility index (Phi) is 6.05. The highest BCUT2D eigenvalue weighted by Crippen LogP contribution is 2.26. The molecular weight excluding hydrogens is 378 g/mol. The predicted molar refractivity (Wildman–Crippen MR) is 117 cm³/mol. The molecule has 30 heavy (non-hydrogen) atoms. The van der Waals surface area contributed by atoms with Crippen LogP contribution >= 0.6 is 0 Å². The molecule has 0 bridgehead atoms. The molecule has 2 N–H and O–H groups in total. The lowest BCUT2D eigenvalue weighted by Gasteiger charge is -2.13. The molecule has 0 radical (unpaired) electrons. The molecule has 0 spiro atoms. The maximum Gasteiger partial charge on any atom is 0.252 e. The molecular formula is C24H25N3O3. The Morgan fingerprint density at radius 1 is 1.13 bits per heavy atom. The Hall–Kier alpha value is -3.25. The smallest absolute Gasteiger partial charge is 0.252 e. The second kappa shape index (κ2) is 9.05. The second-order valence-corrected chi connectivity index (χ2v) is 7.40.